The minimum Gasteiger partial charge on any atom is -0.362 e. The van der Waals surface area contributed by atoms with E-state index in [9.17, 15) is 52.7 Å². The Kier molecular flexibility index (Phi) is 6.63. The maximum Gasteiger partial charge on any atom is 0.429 e. The van der Waals surface area contributed by atoms with Crippen LogP contribution < -0.4 is 10.4 Å². The number of halogens is 12. The van der Waals surface area contributed by atoms with Crippen molar-refractivity contribution in [1.82, 2.24) is 4.98 Å². The third-order valence-corrected chi connectivity index (χ3v) is 9.56. The predicted molar refractivity (Wildman–Crippen MR) is 112 cm³/mol. The van der Waals surface area contributed by atoms with Crippen molar-refractivity contribution in [3.05, 3.63) is 90.3 Å². The fourth-order valence-corrected chi connectivity index (χ4v) is 8.73. The van der Waals surface area contributed by atoms with Crippen LogP contribution in [-0.2, 0) is 20.1 Å². The maximum atomic E-state index is 13.9. The zero-order valence-corrected chi connectivity index (χ0v) is 19.8. The number of rotatable bonds is 0. The molecule has 2 aliphatic rings. The second kappa shape index (κ2) is 8.95. The van der Waals surface area contributed by atoms with Crippen LogP contribution in [0.4, 0.5) is 52.7 Å². The van der Waals surface area contributed by atoms with Crippen molar-refractivity contribution >= 4 is 18.9 Å². The van der Waals surface area contributed by atoms with Crippen LogP contribution in [0.3, 0.4) is 0 Å². The summed E-state index contributed by atoms with van der Waals surface area (Å²) in [6.07, 6.45) is -21.7. The van der Waals surface area contributed by atoms with Crippen LogP contribution in [0.2, 0.25) is 0 Å². The Morgan fingerprint density at radius 1 is 0.487 bits per heavy atom. The molecule has 1 spiro atoms. The molecule has 0 amide bonds. The van der Waals surface area contributed by atoms with Crippen molar-refractivity contribution in [3.8, 4) is 0 Å². The van der Waals surface area contributed by atoms with Gasteiger partial charge in [0.25, 0.3) is 11.2 Å². The fourth-order valence-electron chi connectivity index (χ4n) is 4.56. The molecule has 3 heterocycles. The molecule has 210 valence electrons. The molecule has 3 nitrogen and oxygen atoms in total. The Labute approximate surface area is 212 Å². The lowest BCUT2D eigenvalue weighted by molar-refractivity contribution is -0.381. The highest BCUT2D eigenvalue weighted by Crippen LogP contribution is 2.62. The summed E-state index contributed by atoms with van der Waals surface area (Å²) in [6, 6.07) is 10.6. The summed E-state index contributed by atoms with van der Waals surface area (Å²) in [5.41, 5.74) is -13.8. The summed E-state index contributed by atoms with van der Waals surface area (Å²) in [6.45, 7) is 0. The van der Waals surface area contributed by atoms with E-state index in [0.717, 1.165) is 24.3 Å². The number of benzene rings is 2. The van der Waals surface area contributed by atoms with E-state index in [1.807, 2.05) is 18.2 Å². The maximum absolute atomic E-state index is 13.9. The first kappa shape index (κ1) is 28.9. The molecule has 0 fully saturated rings. The smallest absolute Gasteiger partial charge is 0.362 e. The molecular weight excluding hydrogens is 578 g/mol. The molecule has 0 bridgehead atoms. The Bertz CT molecular complexity index is 1190. The van der Waals surface area contributed by atoms with Gasteiger partial charge >= 0.3 is 33.3 Å². The molecule has 0 N–H and O–H groups in total. The van der Waals surface area contributed by atoms with Gasteiger partial charge in [-0.15, -0.1) is 0 Å². The second-order valence-corrected chi connectivity index (χ2v) is 11.0. The van der Waals surface area contributed by atoms with Crippen LogP contribution in [0.15, 0.2) is 79.1 Å². The summed E-state index contributed by atoms with van der Waals surface area (Å²) in [4.78, 5) is 3.78. The van der Waals surface area contributed by atoms with E-state index in [1.165, 1.54) is 0 Å². The molecule has 5 rings (SSSR count). The third kappa shape index (κ3) is 4.02. The van der Waals surface area contributed by atoms with Gasteiger partial charge in [-0.05, 0) is 12.1 Å². The lowest BCUT2D eigenvalue weighted by atomic mass is 9.92. The highest BCUT2D eigenvalue weighted by atomic mass is 28.4. The van der Waals surface area contributed by atoms with Crippen molar-refractivity contribution in [2.45, 2.75) is 35.9 Å². The Hall–Kier alpha value is -3.11. The standard InChI is InChI=1S/C18H8F12O2Si.C5H5N/c19-15(20,21)13(16(22,23)24)9-5-1-3-7-11(9)33(31-13)12-8-4-2-6-10(12)14(32-33,17(25,26)27)18(28,29)30;1-2-4-6-5-3-1/h1-8H;1-5H. The lowest BCUT2D eigenvalue weighted by Crippen LogP contribution is -2.64. The molecule has 0 radical (unpaired) electrons. The van der Waals surface area contributed by atoms with E-state index in [1.54, 1.807) is 12.4 Å². The van der Waals surface area contributed by atoms with Gasteiger partial charge in [-0.3, -0.25) is 4.98 Å². The molecule has 2 aliphatic heterocycles. The van der Waals surface area contributed by atoms with E-state index in [2.05, 4.69) is 13.8 Å². The van der Waals surface area contributed by atoms with Crippen LogP contribution in [0.25, 0.3) is 0 Å². The zero-order chi connectivity index (χ0) is 29.1. The molecular formula is C23H13F12NO2Si. The summed E-state index contributed by atoms with van der Waals surface area (Å²) in [5.74, 6) is 0. The van der Waals surface area contributed by atoms with Crippen molar-refractivity contribution in [3.63, 3.8) is 0 Å². The molecule has 2 aromatic carbocycles. The highest BCUT2D eigenvalue weighted by Gasteiger charge is 2.86. The molecule has 1 aromatic heterocycles. The van der Waals surface area contributed by atoms with E-state index in [4.69, 9.17) is 0 Å². The molecule has 16 heteroatoms. The lowest BCUT2D eigenvalue weighted by Gasteiger charge is -2.38. The van der Waals surface area contributed by atoms with Crippen molar-refractivity contribution in [2.75, 3.05) is 0 Å². The Morgan fingerprint density at radius 3 is 1.08 bits per heavy atom. The average Bonchev–Trinajstić information content (AvgIpc) is 3.33. The fraction of sp³-hybridized carbons (Fsp3) is 0.261. The van der Waals surface area contributed by atoms with Gasteiger partial charge in [0.05, 0.1) is 0 Å². The first-order valence-corrected chi connectivity index (χ1v) is 12.4. The Morgan fingerprint density at radius 2 is 0.821 bits per heavy atom. The highest BCUT2D eigenvalue weighted by molar-refractivity contribution is 6.94. The number of alkyl halides is 12. The van der Waals surface area contributed by atoms with Gasteiger partial charge in [0.15, 0.2) is 0 Å². The molecule has 0 saturated carbocycles. The molecule has 0 unspecified atom stereocenters. The minimum absolute atomic E-state index is 0.297. The molecule has 0 atom stereocenters. The summed E-state index contributed by atoms with van der Waals surface area (Å²) in [7, 11) is -5.90. The van der Waals surface area contributed by atoms with Crippen LogP contribution >= 0.6 is 0 Å². The number of aromatic nitrogens is 1. The van der Waals surface area contributed by atoms with E-state index >= 15 is 0 Å². The zero-order valence-electron chi connectivity index (χ0n) is 18.8. The van der Waals surface area contributed by atoms with Crippen LogP contribution in [0, 0.1) is 0 Å². The van der Waals surface area contributed by atoms with Gasteiger partial charge in [0, 0.05) is 33.9 Å². The predicted octanol–water partition coefficient (Wildman–Crippen LogP) is 6.02. The SMILES string of the molecule is FC(F)(F)C1(C(F)(F)F)O[Si]2(OC(C(F)(F)F)(C(F)(F)F)c3ccccc32)c2ccccc21.c1ccncc1. The minimum atomic E-state index is -6.31. The molecule has 39 heavy (non-hydrogen) atoms. The number of nitrogens with zero attached hydrogens (tertiary/aromatic N) is 1. The van der Waals surface area contributed by atoms with Gasteiger partial charge in [0.2, 0.25) is 0 Å². The van der Waals surface area contributed by atoms with Gasteiger partial charge in [-0.1, -0.05) is 54.6 Å². The quantitative estimate of drug-likeness (QED) is 0.237. The summed E-state index contributed by atoms with van der Waals surface area (Å²) in [5, 5.41) is -2.30. The van der Waals surface area contributed by atoms with Gasteiger partial charge in [0.1, 0.15) is 0 Å². The van der Waals surface area contributed by atoms with Gasteiger partial charge in [-0.2, -0.15) is 52.7 Å². The Balaban J connectivity index is 0.000000519. The average molecular weight is 591 g/mol. The van der Waals surface area contributed by atoms with Crippen molar-refractivity contribution in [1.29, 1.82) is 0 Å². The van der Waals surface area contributed by atoms with Crippen LogP contribution in [0.1, 0.15) is 11.1 Å². The van der Waals surface area contributed by atoms with Gasteiger partial charge < -0.3 is 8.85 Å². The van der Waals surface area contributed by atoms with Crippen LogP contribution in [0.5, 0.6) is 0 Å². The largest absolute Gasteiger partial charge is 0.429 e. The monoisotopic (exact) mass is 591 g/mol. The third-order valence-electron chi connectivity index (χ3n) is 6.08. The topological polar surface area (TPSA) is 31.4 Å². The molecule has 3 aromatic rings. The summed E-state index contributed by atoms with van der Waals surface area (Å²) >= 11 is 0. The number of hydrogen-bond donors (Lipinski definition) is 0. The van der Waals surface area contributed by atoms with Crippen LogP contribution in [-0.4, -0.2) is 38.3 Å². The first-order chi connectivity index (χ1) is 17.9. The molecule has 0 aliphatic carbocycles. The number of fused-ring (bicyclic) bond motifs is 4. The second-order valence-electron chi connectivity index (χ2n) is 8.29. The van der Waals surface area contributed by atoms with Crippen molar-refractivity contribution in [2.24, 2.45) is 0 Å². The molecule has 0 saturated heterocycles. The van der Waals surface area contributed by atoms with E-state index < -0.39 is 66.0 Å². The first-order valence-electron chi connectivity index (χ1n) is 10.6. The van der Waals surface area contributed by atoms with Gasteiger partial charge in [-0.25, -0.2) is 0 Å². The van der Waals surface area contributed by atoms with E-state index in [0.29, 0.717) is 24.3 Å². The summed E-state index contributed by atoms with van der Waals surface area (Å²) < 4.78 is 176. The number of pyridine rings is 1. The van der Waals surface area contributed by atoms with Crippen molar-refractivity contribution < 1.29 is 61.5 Å². The number of hydrogen-bond acceptors (Lipinski definition) is 3. The normalized spacial score (nSPS) is 19.2. The van der Waals surface area contributed by atoms with E-state index in [-0.39, 0.29) is 0 Å².